The molecule has 11 heteroatoms. The van der Waals surface area contributed by atoms with Crippen molar-refractivity contribution >= 4 is 28.5 Å². The molecule has 2 N–H and O–H groups in total. The van der Waals surface area contributed by atoms with Gasteiger partial charge in [-0.1, -0.05) is 60.7 Å². The minimum absolute atomic E-state index is 0.207. The van der Waals surface area contributed by atoms with Crippen molar-refractivity contribution in [2.24, 2.45) is 0 Å². The summed E-state index contributed by atoms with van der Waals surface area (Å²) in [7, 11) is 3.14. The van der Waals surface area contributed by atoms with Crippen LogP contribution < -0.4 is 36.3 Å². The number of hydrogen-bond acceptors (Lipinski definition) is 9. The predicted octanol–water partition coefficient (Wildman–Crippen LogP) is 2.98. The summed E-state index contributed by atoms with van der Waals surface area (Å²) < 4.78 is 13.8. The lowest BCUT2D eigenvalue weighted by Gasteiger charge is -2.37. The summed E-state index contributed by atoms with van der Waals surface area (Å²) in [5, 5.41) is 0.682. The highest BCUT2D eigenvalue weighted by atomic mass is 16.5. The highest BCUT2D eigenvalue weighted by molar-refractivity contribution is 5.91. The first-order valence-electron chi connectivity index (χ1n) is 14.1. The molecule has 2 aromatic heterocycles. The van der Waals surface area contributed by atoms with E-state index >= 15 is 0 Å². The molecule has 11 nitrogen and oxygen atoms in total. The number of benzene rings is 3. The summed E-state index contributed by atoms with van der Waals surface area (Å²) in [5.41, 5.74) is 8.18. The lowest BCUT2D eigenvalue weighted by molar-refractivity contribution is 0.356. The Morgan fingerprint density at radius 3 is 1.88 bits per heavy atom. The van der Waals surface area contributed by atoms with Crippen molar-refractivity contribution in [3.63, 3.8) is 0 Å². The van der Waals surface area contributed by atoms with E-state index in [1.165, 1.54) is 4.57 Å². The maximum Gasteiger partial charge on any atom is 0.333 e. The van der Waals surface area contributed by atoms with Gasteiger partial charge in [-0.25, -0.2) is 9.78 Å². The van der Waals surface area contributed by atoms with Crippen LogP contribution in [0.15, 0.2) is 88.5 Å². The molecule has 3 aromatic carbocycles. The third kappa shape index (κ3) is 5.61. The Morgan fingerprint density at radius 1 is 0.721 bits per heavy atom. The number of hydrogen-bond donors (Lipinski definition) is 1. The maximum atomic E-state index is 13.8. The Labute approximate surface area is 248 Å². The number of methoxy groups -OCH3 is 2. The highest BCUT2D eigenvalue weighted by Crippen LogP contribution is 2.34. The van der Waals surface area contributed by atoms with E-state index in [0.29, 0.717) is 72.7 Å². The van der Waals surface area contributed by atoms with E-state index in [4.69, 9.17) is 20.2 Å². The lowest BCUT2D eigenvalue weighted by Crippen LogP contribution is -2.50. The van der Waals surface area contributed by atoms with Crippen LogP contribution in [-0.4, -0.2) is 59.5 Å². The van der Waals surface area contributed by atoms with Crippen molar-refractivity contribution in [1.82, 2.24) is 19.1 Å². The van der Waals surface area contributed by atoms with Crippen molar-refractivity contribution in [2.45, 2.75) is 13.1 Å². The van der Waals surface area contributed by atoms with Crippen LogP contribution in [0.5, 0.6) is 11.5 Å². The van der Waals surface area contributed by atoms with E-state index in [-0.39, 0.29) is 17.8 Å². The van der Waals surface area contributed by atoms with E-state index in [1.54, 1.807) is 37.0 Å². The fraction of sp³-hybridized carbons (Fsp3) is 0.250. The highest BCUT2D eigenvalue weighted by Gasteiger charge is 2.24. The normalized spacial score (nSPS) is 13.3. The number of piperazine rings is 1. The van der Waals surface area contributed by atoms with Gasteiger partial charge in [0.1, 0.15) is 11.6 Å². The third-order valence-corrected chi connectivity index (χ3v) is 7.73. The Morgan fingerprint density at radius 2 is 1.28 bits per heavy atom. The standard InChI is InChI=1S/C32H33N7O4/c1-42-26-17-24-25(18-27(26)43-2)34-31(35-30(24)33)37-15-13-36(14-16-37)28-19-29(40)39(21-23-11-7-4-8-12-23)32(41)38(28)20-22-9-5-3-6-10-22/h3-12,17-19H,13-16,20-21H2,1-2H3,(H2,33,34,35). The van der Waals surface area contributed by atoms with Crippen molar-refractivity contribution in [1.29, 1.82) is 0 Å². The number of nitrogens with two attached hydrogens (primary N) is 1. The molecule has 3 heterocycles. The number of ether oxygens (including phenoxy) is 2. The van der Waals surface area contributed by atoms with Crippen LogP contribution in [0.3, 0.4) is 0 Å². The molecule has 0 aliphatic carbocycles. The molecule has 6 rings (SSSR count). The second kappa shape index (κ2) is 11.9. The van der Waals surface area contributed by atoms with E-state index < -0.39 is 0 Å². The Balaban J connectivity index is 1.30. The average molecular weight is 580 g/mol. The second-order valence-corrected chi connectivity index (χ2v) is 10.4. The zero-order chi connectivity index (χ0) is 29.9. The quantitative estimate of drug-likeness (QED) is 0.296. The second-order valence-electron chi connectivity index (χ2n) is 10.4. The first-order chi connectivity index (χ1) is 20.9. The van der Waals surface area contributed by atoms with Crippen molar-refractivity contribution in [3.05, 3.63) is 111 Å². The molecule has 1 fully saturated rings. The van der Waals surface area contributed by atoms with Crippen LogP contribution in [0.25, 0.3) is 10.9 Å². The first-order valence-corrected chi connectivity index (χ1v) is 14.1. The van der Waals surface area contributed by atoms with Crippen LogP contribution in [0.1, 0.15) is 11.1 Å². The Bertz CT molecular complexity index is 1870. The van der Waals surface area contributed by atoms with E-state index in [0.717, 1.165) is 11.1 Å². The molecular formula is C32H33N7O4. The molecule has 1 saturated heterocycles. The monoisotopic (exact) mass is 579 g/mol. The number of nitrogens with zero attached hydrogens (tertiary/aromatic N) is 6. The molecule has 0 radical (unpaired) electrons. The van der Waals surface area contributed by atoms with Crippen molar-refractivity contribution < 1.29 is 9.47 Å². The molecule has 0 amide bonds. The van der Waals surface area contributed by atoms with Crippen LogP contribution in [0.2, 0.25) is 0 Å². The maximum absolute atomic E-state index is 13.8. The molecule has 0 atom stereocenters. The average Bonchev–Trinajstić information content (AvgIpc) is 3.04. The Kier molecular flexibility index (Phi) is 7.69. The summed E-state index contributed by atoms with van der Waals surface area (Å²) in [4.78, 5) is 40.6. The number of aromatic nitrogens is 4. The van der Waals surface area contributed by atoms with Gasteiger partial charge in [0.05, 0.1) is 32.8 Å². The topological polar surface area (TPSA) is 121 Å². The zero-order valence-electron chi connectivity index (χ0n) is 24.1. The van der Waals surface area contributed by atoms with Gasteiger partial charge in [0.2, 0.25) is 5.95 Å². The van der Waals surface area contributed by atoms with Gasteiger partial charge in [0.25, 0.3) is 5.56 Å². The SMILES string of the molecule is COc1cc2nc(N3CCN(c4cc(=O)n(Cc5ccccc5)c(=O)n4Cc4ccccc4)CC3)nc(N)c2cc1OC. The summed E-state index contributed by atoms with van der Waals surface area (Å²) in [5.74, 6) is 2.57. The van der Waals surface area contributed by atoms with Gasteiger partial charge in [0.15, 0.2) is 11.5 Å². The summed E-state index contributed by atoms with van der Waals surface area (Å²) in [6.45, 7) is 2.82. The van der Waals surface area contributed by atoms with Crippen molar-refractivity contribution in [3.8, 4) is 11.5 Å². The molecule has 0 bridgehead atoms. The van der Waals surface area contributed by atoms with Gasteiger partial charge in [-0.05, 0) is 17.2 Å². The number of nitrogen functional groups attached to an aromatic ring is 1. The molecule has 0 unspecified atom stereocenters. The Hall–Kier alpha value is -5.32. The van der Waals surface area contributed by atoms with Gasteiger partial charge in [-0.3, -0.25) is 13.9 Å². The minimum atomic E-state index is -0.340. The smallest absolute Gasteiger partial charge is 0.333 e. The number of fused-ring (bicyclic) bond motifs is 1. The number of anilines is 3. The van der Waals surface area contributed by atoms with Crippen LogP contribution in [0.4, 0.5) is 17.6 Å². The predicted molar refractivity (Wildman–Crippen MR) is 168 cm³/mol. The molecular weight excluding hydrogens is 546 g/mol. The minimum Gasteiger partial charge on any atom is -0.493 e. The lowest BCUT2D eigenvalue weighted by atomic mass is 10.2. The third-order valence-electron chi connectivity index (χ3n) is 7.73. The number of rotatable bonds is 8. The van der Waals surface area contributed by atoms with Gasteiger partial charge in [-0.15, -0.1) is 0 Å². The van der Waals surface area contributed by atoms with Crippen molar-refractivity contribution in [2.75, 3.05) is 55.9 Å². The van der Waals surface area contributed by atoms with Crippen LogP contribution in [0, 0.1) is 0 Å². The van der Waals surface area contributed by atoms with E-state index in [1.807, 2.05) is 60.7 Å². The molecule has 1 aliphatic heterocycles. The van der Waals surface area contributed by atoms with Gasteiger partial charge >= 0.3 is 5.69 Å². The van der Waals surface area contributed by atoms with Gasteiger partial charge < -0.3 is 25.0 Å². The van der Waals surface area contributed by atoms with Gasteiger partial charge in [0, 0.05) is 43.7 Å². The molecule has 0 spiro atoms. The van der Waals surface area contributed by atoms with Gasteiger partial charge in [-0.2, -0.15) is 4.98 Å². The van der Waals surface area contributed by atoms with E-state index in [9.17, 15) is 9.59 Å². The van der Waals surface area contributed by atoms with Crippen LogP contribution >= 0.6 is 0 Å². The molecule has 43 heavy (non-hydrogen) atoms. The zero-order valence-corrected chi connectivity index (χ0v) is 24.1. The fourth-order valence-electron chi connectivity index (χ4n) is 5.44. The van der Waals surface area contributed by atoms with Crippen LogP contribution in [-0.2, 0) is 13.1 Å². The molecule has 220 valence electrons. The molecule has 5 aromatic rings. The molecule has 0 saturated carbocycles. The van der Waals surface area contributed by atoms with E-state index in [2.05, 4.69) is 14.8 Å². The largest absolute Gasteiger partial charge is 0.493 e. The summed E-state index contributed by atoms with van der Waals surface area (Å²) >= 11 is 0. The first kappa shape index (κ1) is 27.8. The summed E-state index contributed by atoms with van der Waals surface area (Å²) in [6.07, 6.45) is 0. The fourth-order valence-corrected chi connectivity index (χ4v) is 5.44. The molecule has 1 aliphatic rings. The summed E-state index contributed by atoms with van der Waals surface area (Å²) in [6, 6.07) is 24.5.